The molecule has 4 aromatic rings. The maximum atomic E-state index is 12.9. The van der Waals surface area contributed by atoms with Crippen LogP contribution in [0.4, 0.5) is 0 Å². The molecule has 0 aliphatic rings. The molecule has 0 N–H and O–H groups in total. The number of rotatable bonds is 2. The van der Waals surface area contributed by atoms with Crippen molar-refractivity contribution in [3.8, 4) is 11.4 Å². The number of nitrogens with zero attached hydrogens (tertiary/aromatic N) is 6. The molecule has 0 radical (unpaired) electrons. The second-order valence-corrected chi connectivity index (χ2v) is 6.87. The van der Waals surface area contributed by atoms with Crippen LogP contribution in [0.5, 0.6) is 0 Å². The minimum absolute atomic E-state index is 0.0183. The third-order valence-corrected chi connectivity index (χ3v) is 4.75. The molecule has 134 valence electrons. The topological polar surface area (TPSA) is 79.1 Å². The summed E-state index contributed by atoms with van der Waals surface area (Å²) in [5, 5.41) is 8.67. The van der Waals surface area contributed by atoms with E-state index in [2.05, 4.69) is 10.2 Å². The van der Waals surface area contributed by atoms with Gasteiger partial charge in [-0.25, -0.2) is 9.20 Å². The third kappa shape index (κ3) is 2.01. The molecule has 0 aliphatic carbocycles. The second-order valence-electron chi connectivity index (χ2n) is 6.87. The predicted octanol–water partition coefficient (Wildman–Crippen LogP) is 1.64. The summed E-state index contributed by atoms with van der Waals surface area (Å²) in [6.45, 7) is 5.97. The van der Waals surface area contributed by atoms with Crippen molar-refractivity contribution in [3.05, 3.63) is 50.7 Å². The maximum Gasteiger partial charge on any atom is 0.332 e. The number of aryl methyl sites for hydroxylation is 2. The van der Waals surface area contributed by atoms with Crippen LogP contribution in [0.1, 0.15) is 25.5 Å². The van der Waals surface area contributed by atoms with E-state index >= 15 is 0 Å². The molecule has 0 fully saturated rings. The summed E-state index contributed by atoms with van der Waals surface area (Å²) in [6, 6.07) is 7.90. The smallest absolute Gasteiger partial charge is 0.300 e. The van der Waals surface area contributed by atoms with E-state index in [1.165, 1.54) is 11.6 Å². The van der Waals surface area contributed by atoms with Gasteiger partial charge in [-0.15, -0.1) is 10.2 Å². The fourth-order valence-corrected chi connectivity index (χ4v) is 3.39. The average molecular weight is 352 g/mol. The lowest BCUT2D eigenvalue weighted by Crippen LogP contribution is -2.38. The Morgan fingerprint density at radius 1 is 0.962 bits per heavy atom. The molecule has 8 heteroatoms. The van der Waals surface area contributed by atoms with Crippen LogP contribution in [0.2, 0.25) is 0 Å². The van der Waals surface area contributed by atoms with Gasteiger partial charge in [-0.1, -0.05) is 29.8 Å². The summed E-state index contributed by atoms with van der Waals surface area (Å²) in [4.78, 5) is 25.4. The van der Waals surface area contributed by atoms with Gasteiger partial charge in [-0.3, -0.25) is 18.5 Å². The van der Waals surface area contributed by atoms with Crippen LogP contribution in [0.15, 0.2) is 33.9 Å². The Balaban J connectivity index is 2.27. The predicted molar refractivity (Wildman–Crippen MR) is 99.5 cm³/mol. The first-order chi connectivity index (χ1) is 12.3. The number of hydrogen-bond donors (Lipinski definition) is 0. The molecular formula is C18H20N6O2. The number of fused-ring (bicyclic) bond motifs is 3. The largest absolute Gasteiger partial charge is 0.332 e. The van der Waals surface area contributed by atoms with E-state index in [0.29, 0.717) is 22.8 Å². The highest BCUT2D eigenvalue weighted by atomic mass is 16.2. The molecule has 0 spiro atoms. The molecule has 4 rings (SSSR count). The zero-order chi connectivity index (χ0) is 18.7. The summed E-state index contributed by atoms with van der Waals surface area (Å²) < 4.78 is 6.23. The molecule has 1 aromatic carbocycles. The van der Waals surface area contributed by atoms with Crippen LogP contribution < -0.4 is 11.2 Å². The van der Waals surface area contributed by atoms with E-state index in [0.717, 1.165) is 15.7 Å². The molecule has 0 bridgehead atoms. The van der Waals surface area contributed by atoms with Gasteiger partial charge in [-0.05, 0) is 20.8 Å². The average Bonchev–Trinajstić information content (AvgIpc) is 3.16. The van der Waals surface area contributed by atoms with Crippen LogP contribution in [-0.4, -0.2) is 28.3 Å². The van der Waals surface area contributed by atoms with Gasteiger partial charge in [-0.2, -0.15) is 0 Å². The Morgan fingerprint density at radius 3 is 2.23 bits per heavy atom. The van der Waals surface area contributed by atoms with Gasteiger partial charge in [0.15, 0.2) is 17.0 Å². The van der Waals surface area contributed by atoms with E-state index < -0.39 is 0 Å². The maximum absolute atomic E-state index is 12.9. The molecule has 8 nitrogen and oxygen atoms in total. The SMILES string of the molecule is Cc1ccc(-c2nnc3n(C(C)C)c4c(=O)n(C)c(=O)n(C)c4n23)cc1. The fraction of sp³-hybridized carbons (Fsp3) is 0.333. The van der Waals surface area contributed by atoms with Crippen molar-refractivity contribution >= 4 is 16.9 Å². The number of aromatic nitrogens is 6. The zero-order valence-electron chi connectivity index (χ0n) is 15.4. The van der Waals surface area contributed by atoms with E-state index in [4.69, 9.17) is 0 Å². The Kier molecular flexibility index (Phi) is 3.40. The molecule has 0 unspecified atom stereocenters. The van der Waals surface area contributed by atoms with Crippen molar-refractivity contribution < 1.29 is 0 Å². The van der Waals surface area contributed by atoms with Crippen LogP contribution >= 0.6 is 0 Å². The number of imidazole rings is 1. The van der Waals surface area contributed by atoms with Crippen LogP contribution in [0.25, 0.3) is 28.3 Å². The Hall–Kier alpha value is -3.16. The zero-order valence-corrected chi connectivity index (χ0v) is 15.4. The summed E-state index contributed by atoms with van der Waals surface area (Å²) in [7, 11) is 3.15. The van der Waals surface area contributed by atoms with E-state index in [-0.39, 0.29) is 17.3 Å². The molecule has 0 aliphatic heterocycles. The van der Waals surface area contributed by atoms with Crippen LogP contribution in [-0.2, 0) is 14.1 Å². The summed E-state index contributed by atoms with van der Waals surface area (Å²) >= 11 is 0. The number of hydrogen-bond acceptors (Lipinski definition) is 4. The highest BCUT2D eigenvalue weighted by Crippen LogP contribution is 2.26. The quantitative estimate of drug-likeness (QED) is 0.549. The molecule has 0 saturated heterocycles. The van der Waals surface area contributed by atoms with Gasteiger partial charge in [0.25, 0.3) is 5.56 Å². The fourth-order valence-electron chi connectivity index (χ4n) is 3.39. The highest BCUT2D eigenvalue weighted by molar-refractivity contribution is 5.80. The molecular weight excluding hydrogens is 332 g/mol. The summed E-state index contributed by atoms with van der Waals surface area (Å²) in [5.74, 6) is 1.15. The lowest BCUT2D eigenvalue weighted by atomic mass is 10.1. The molecule has 0 saturated carbocycles. The van der Waals surface area contributed by atoms with Gasteiger partial charge < -0.3 is 0 Å². The van der Waals surface area contributed by atoms with E-state index in [1.807, 2.05) is 49.6 Å². The summed E-state index contributed by atoms with van der Waals surface area (Å²) in [5.41, 5.74) is 2.25. The lowest BCUT2D eigenvalue weighted by molar-refractivity contribution is 0.622. The van der Waals surface area contributed by atoms with Crippen LogP contribution in [0.3, 0.4) is 0 Å². The van der Waals surface area contributed by atoms with Crippen molar-refractivity contribution in [2.75, 3.05) is 0 Å². The monoisotopic (exact) mass is 352 g/mol. The minimum Gasteiger partial charge on any atom is -0.300 e. The summed E-state index contributed by atoms with van der Waals surface area (Å²) in [6.07, 6.45) is 0. The van der Waals surface area contributed by atoms with Gasteiger partial charge >= 0.3 is 5.69 Å². The molecule has 3 heterocycles. The Labute approximate surface area is 148 Å². The van der Waals surface area contributed by atoms with Gasteiger partial charge in [0.2, 0.25) is 5.78 Å². The van der Waals surface area contributed by atoms with Gasteiger partial charge in [0.1, 0.15) is 0 Å². The standard InChI is InChI=1S/C18H20N6O2/c1-10(2)23-13-15(21(4)18(26)22(5)16(13)25)24-14(19-20-17(23)24)12-8-6-11(3)7-9-12/h6-10H,1-5H3. The normalized spacial score (nSPS) is 11.9. The van der Waals surface area contributed by atoms with Crippen LogP contribution in [0, 0.1) is 6.92 Å². The van der Waals surface area contributed by atoms with Crippen molar-refractivity contribution in [1.82, 2.24) is 28.3 Å². The molecule has 3 aromatic heterocycles. The van der Waals surface area contributed by atoms with Crippen molar-refractivity contribution in [2.45, 2.75) is 26.8 Å². The van der Waals surface area contributed by atoms with E-state index in [9.17, 15) is 9.59 Å². The second kappa shape index (κ2) is 5.42. The van der Waals surface area contributed by atoms with Crippen molar-refractivity contribution in [1.29, 1.82) is 0 Å². The third-order valence-electron chi connectivity index (χ3n) is 4.75. The van der Waals surface area contributed by atoms with Crippen molar-refractivity contribution in [3.63, 3.8) is 0 Å². The minimum atomic E-state index is -0.381. The lowest BCUT2D eigenvalue weighted by Gasteiger charge is -2.09. The van der Waals surface area contributed by atoms with E-state index in [1.54, 1.807) is 11.4 Å². The first-order valence-electron chi connectivity index (χ1n) is 8.45. The highest BCUT2D eigenvalue weighted by Gasteiger charge is 2.24. The first kappa shape index (κ1) is 16.3. The van der Waals surface area contributed by atoms with Gasteiger partial charge in [0, 0.05) is 25.7 Å². The number of benzene rings is 1. The first-order valence-corrected chi connectivity index (χ1v) is 8.45. The molecule has 26 heavy (non-hydrogen) atoms. The van der Waals surface area contributed by atoms with Crippen molar-refractivity contribution in [2.24, 2.45) is 14.1 Å². The molecule has 0 amide bonds. The Morgan fingerprint density at radius 2 is 1.62 bits per heavy atom. The molecule has 0 atom stereocenters. The Bertz CT molecular complexity index is 1270. The van der Waals surface area contributed by atoms with Gasteiger partial charge in [0.05, 0.1) is 0 Å².